The molecule has 0 aliphatic rings. The highest BCUT2D eigenvalue weighted by Gasteiger charge is 2.40. The molecule has 12 heteroatoms. The van der Waals surface area contributed by atoms with Gasteiger partial charge in [-0.05, 0) is 80.6 Å². The largest absolute Gasteiger partial charge is 0.354 e. The summed E-state index contributed by atoms with van der Waals surface area (Å²) in [5.74, 6) is -2.68. The van der Waals surface area contributed by atoms with Crippen molar-refractivity contribution in [3.63, 3.8) is 0 Å². The zero-order valence-corrected chi connectivity index (χ0v) is 27.9. The Kier molecular flexibility index (Phi) is 15.2. The second-order valence-corrected chi connectivity index (χ2v) is 13.1. The van der Waals surface area contributed by atoms with E-state index in [1.165, 1.54) is 18.7 Å². The maximum Gasteiger partial charge on any atom is 0.246 e. The summed E-state index contributed by atoms with van der Waals surface area (Å²) >= 11 is 0. The van der Waals surface area contributed by atoms with Crippen LogP contribution in [0.4, 0.5) is 0 Å². The van der Waals surface area contributed by atoms with E-state index >= 15 is 0 Å². The van der Waals surface area contributed by atoms with Gasteiger partial charge in [0, 0.05) is 19.0 Å². The Hall–Kier alpha value is -3.18. The summed E-state index contributed by atoms with van der Waals surface area (Å²) in [4.78, 5) is 79.1. The number of carbonyl (C=O) groups is 6. The van der Waals surface area contributed by atoms with Gasteiger partial charge in [-0.25, -0.2) is 0 Å². The molecule has 0 heterocycles. The summed E-state index contributed by atoms with van der Waals surface area (Å²) in [6.07, 6.45) is 1.97. The molecule has 0 aliphatic carbocycles. The topological polar surface area (TPSA) is 166 Å². The van der Waals surface area contributed by atoms with Gasteiger partial charge in [0.15, 0.2) is 0 Å². The van der Waals surface area contributed by atoms with E-state index in [1.54, 1.807) is 41.5 Å². The van der Waals surface area contributed by atoms with Gasteiger partial charge >= 0.3 is 0 Å². The number of nitrogens with one attached hydrogen (secondary N) is 5. The predicted octanol–water partition coefficient (Wildman–Crippen LogP) is 1.77. The molecule has 0 spiro atoms. The third-order valence-electron chi connectivity index (χ3n) is 6.61. The normalized spacial score (nSPS) is 12.8. The Labute approximate surface area is 252 Å². The fourth-order valence-electron chi connectivity index (χ4n) is 4.18. The molecule has 0 rings (SSSR count). The van der Waals surface area contributed by atoms with Crippen molar-refractivity contribution in [1.82, 2.24) is 31.5 Å². The number of carbonyl (C=O) groups excluding carboxylic acids is 6. The molecule has 0 aromatic carbocycles. The average Bonchev–Trinajstić information content (AvgIpc) is 2.83. The molecular weight excluding hydrogens is 540 g/mol. The number of nitrogens with zero attached hydrogens (tertiary/aromatic N) is 1. The number of rotatable bonds is 17. The number of amides is 6. The van der Waals surface area contributed by atoms with E-state index in [2.05, 4.69) is 26.6 Å². The molecule has 5 N–H and O–H groups in total. The Morgan fingerprint density at radius 1 is 0.667 bits per heavy atom. The lowest BCUT2D eigenvalue weighted by Gasteiger charge is -2.38. The smallest absolute Gasteiger partial charge is 0.246 e. The van der Waals surface area contributed by atoms with Gasteiger partial charge in [-0.2, -0.15) is 0 Å². The van der Waals surface area contributed by atoms with Crippen molar-refractivity contribution in [3.8, 4) is 0 Å². The van der Waals surface area contributed by atoms with Crippen LogP contribution in [0.3, 0.4) is 0 Å². The van der Waals surface area contributed by atoms with Crippen molar-refractivity contribution >= 4 is 35.4 Å². The van der Waals surface area contributed by atoms with Crippen molar-refractivity contribution < 1.29 is 28.8 Å². The molecule has 6 amide bonds. The van der Waals surface area contributed by atoms with E-state index in [4.69, 9.17) is 0 Å². The van der Waals surface area contributed by atoms with Crippen LogP contribution < -0.4 is 26.6 Å². The van der Waals surface area contributed by atoms with E-state index in [0.29, 0.717) is 19.4 Å². The molecule has 12 nitrogen and oxygen atoms in total. The van der Waals surface area contributed by atoms with E-state index in [9.17, 15) is 28.8 Å². The average molecular weight is 597 g/mol. The molecule has 0 bridgehead atoms. The first kappa shape index (κ1) is 38.8. The Balaban J connectivity index is 5.80. The third kappa shape index (κ3) is 12.4. The van der Waals surface area contributed by atoms with Crippen LogP contribution in [0.1, 0.15) is 109 Å². The van der Waals surface area contributed by atoms with Gasteiger partial charge in [0.25, 0.3) is 0 Å². The lowest BCUT2D eigenvalue weighted by Crippen LogP contribution is -2.65. The highest BCUT2D eigenvalue weighted by Crippen LogP contribution is 2.18. The van der Waals surface area contributed by atoms with Gasteiger partial charge < -0.3 is 31.5 Å². The zero-order chi connectivity index (χ0) is 33.1. The van der Waals surface area contributed by atoms with Crippen LogP contribution >= 0.6 is 0 Å². The highest BCUT2D eigenvalue weighted by molar-refractivity contribution is 5.98. The van der Waals surface area contributed by atoms with Gasteiger partial charge in [-0.15, -0.1) is 0 Å². The fourth-order valence-corrected chi connectivity index (χ4v) is 4.18. The van der Waals surface area contributed by atoms with Gasteiger partial charge in [-0.1, -0.05) is 27.7 Å². The summed E-state index contributed by atoms with van der Waals surface area (Å²) < 4.78 is 0. The molecular formula is C30H56N6O6. The lowest BCUT2D eigenvalue weighted by atomic mass is 9.96. The van der Waals surface area contributed by atoms with Crippen LogP contribution in [0.25, 0.3) is 0 Å². The maximum absolute atomic E-state index is 13.7. The lowest BCUT2D eigenvalue weighted by molar-refractivity contribution is -0.145. The van der Waals surface area contributed by atoms with Crippen LogP contribution in [0.5, 0.6) is 0 Å². The molecule has 42 heavy (non-hydrogen) atoms. The molecule has 242 valence electrons. The molecule has 0 saturated carbocycles. The van der Waals surface area contributed by atoms with Crippen LogP contribution in [-0.4, -0.2) is 82.1 Å². The van der Waals surface area contributed by atoms with Crippen molar-refractivity contribution in [1.29, 1.82) is 0 Å². The van der Waals surface area contributed by atoms with Gasteiger partial charge in [0.1, 0.15) is 22.7 Å². The summed E-state index contributed by atoms with van der Waals surface area (Å²) in [5, 5.41) is 13.5. The van der Waals surface area contributed by atoms with Crippen molar-refractivity contribution in [2.45, 2.75) is 137 Å². The van der Waals surface area contributed by atoms with E-state index in [-0.39, 0.29) is 30.7 Å². The van der Waals surface area contributed by atoms with Crippen LogP contribution in [0.15, 0.2) is 0 Å². The van der Waals surface area contributed by atoms with E-state index in [0.717, 1.165) is 6.42 Å². The minimum Gasteiger partial charge on any atom is -0.354 e. The standard InChI is InChI=1S/C30H56N6O6/c1-13-15-22(37)33-28(7,8)26(41)32-18-23(38)36(20(5)6)21(17-19(3)4)24(39)34-30(11,12)27(42)35-29(9,10)25(40)31-16-14-2/h19-21H,13-18H2,1-12H3,(H,31,40)(H,32,41)(H,33,37)(H,34,39)(H,35,42). The Morgan fingerprint density at radius 2 is 1.17 bits per heavy atom. The molecule has 0 radical (unpaired) electrons. The molecule has 1 unspecified atom stereocenters. The second kappa shape index (κ2) is 16.5. The molecule has 0 aromatic heterocycles. The summed E-state index contributed by atoms with van der Waals surface area (Å²) in [5.41, 5.74) is -3.86. The summed E-state index contributed by atoms with van der Waals surface area (Å²) in [6.45, 7) is 20.6. The highest BCUT2D eigenvalue weighted by atomic mass is 16.2. The van der Waals surface area contributed by atoms with E-state index < -0.39 is 52.3 Å². The van der Waals surface area contributed by atoms with E-state index in [1.807, 2.05) is 27.7 Å². The first-order chi connectivity index (χ1) is 19.1. The minimum absolute atomic E-state index is 0.0234. The van der Waals surface area contributed by atoms with Crippen LogP contribution in [0, 0.1) is 5.92 Å². The molecule has 1 atom stereocenters. The molecule has 0 saturated heterocycles. The fraction of sp³-hybridized carbons (Fsp3) is 0.800. The zero-order valence-electron chi connectivity index (χ0n) is 27.9. The first-order valence-electron chi connectivity index (χ1n) is 15.0. The van der Waals surface area contributed by atoms with Gasteiger partial charge in [0.05, 0.1) is 6.54 Å². The SMILES string of the molecule is CCCNC(=O)C(C)(C)NC(=O)C(C)(C)NC(=O)C(CC(C)C)N(C(=O)CNC(=O)C(C)(C)NC(=O)CCC)C(C)C. The van der Waals surface area contributed by atoms with Crippen LogP contribution in [0.2, 0.25) is 0 Å². The number of hydrogen-bond donors (Lipinski definition) is 5. The summed E-state index contributed by atoms with van der Waals surface area (Å²) in [7, 11) is 0. The molecule has 0 fully saturated rings. The monoisotopic (exact) mass is 596 g/mol. The Morgan fingerprint density at radius 3 is 1.64 bits per heavy atom. The third-order valence-corrected chi connectivity index (χ3v) is 6.61. The van der Waals surface area contributed by atoms with Crippen LogP contribution in [-0.2, 0) is 28.8 Å². The van der Waals surface area contributed by atoms with Crippen molar-refractivity contribution in [2.75, 3.05) is 13.1 Å². The second-order valence-electron chi connectivity index (χ2n) is 13.1. The Bertz CT molecular complexity index is 973. The first-order valence-corrected chi connectivity index (χ1v) is 15.0. The summed E-state index contributed by atoms with van der Waals surface area (Å²) in [6, 6.07) is -1.33. The predicted molar refractivity (Wildman–Crippen MR) is 163 cm³/mol. The van der Waals surface area contributed by atoms with Crippen molar-refractivity contribution in [2.24, 2.45) is 5.92 Å². The van der Waals surface area contributed by atoms with Gasteiger partial charge in [-0.3, -0.25) is 28.8 Å². The molecule has 0 aromatic rings. The quantitative estimate of drug-likeness (QED) is 0.172. The number of hydrogen-bond acceptors (Lipinski definition) is 6. The molecule has 0 aliphatic heterocycles. The maximum atomic E-state index is 13.7. The van der Waals surface area contributed by atoms with Gasteiger partial charge in [0.2, 0.25) is 35.4 Å². The van der Waals surface area contributed by atoms with Crippen molar-refractivity contribution in [3.05, 3.63) is 0 Å². The minimum atomic E-state index is -1.41.